The molecule has 0 aliphatic heterocycles. The van der Waals surface area contributed by atoms with E-state index in [4.69, 9.17) is 10.9 Å². The second-order valence-electron chi connectivity index (χ2n) is 4.55. The molecule has 2 aromatic heterocycles. The van der Waals surface area contributed by atoms with Gasteiger partial charge in [-0.1, -0.05) is 22.5 Å². The van der Waals surface area contributed by atoms with Gasteiger partial charge in [-0.3, -0.25) is 4.68 Å². The molecule has 7 heteroatoms. The van der Waals surface area contributed by atoms with E-state index in [1.54, 1.807) is 4.68 Å². The molecule has 0 spiro atoms. The molecule has 0 radical (unpaired) electrons. The van der Waals surface area contributed by atoms with Crippen LogP contribution in [0.15, 0.2) is 41.8 Å². The van der Waals surface area contributed by atoms with Crippen LogP contribution < -0.4 is 5.73 Å². The fourth-order valence-electron chi connectivity index (χ4n) is 2.28. The van der Waals surface area contributed by atoms with E-state index in [1.165, 1.54) is 0 Å². The van der Waals surface area contributed by atoms with Gasteiger partial charge in [0.05, 0.1) is 6.54 Å². The van der Waals surface area contributed by atoms with Gasteiger partial charge in [-0.05, 0) is 12.1 Å². The number of hydrogen-bond donors (Lipinski definition) is 2. The highest BCUT2D eigenvalue weighted by Crippen LogP contribution is 2.21. The molecule has 0 bridgehead atoms. The van der Waals surface area contributed by atoms with Crippen LogP contribution in [0.3, 0.4) is 0 Å². The summed E-state index contributed by atoms with van der Waals surface area (Å²) in [5.74, 6) is 0.104. The van der Waals surface area contributed by atoms with Crippen molar-refractivity contribution in [3.05, 3.63) is 47.9 Å². The van der Waals surface area contributed by atoms with E-state index in [9.17, 15) is 0 Å². The molecule has 0 saturated carbocycles. The SMILES string of the molecule is Cn1cc(Cn2ccc3c(/C(N)=N/O)cccc32)nn1. The fraction of sp³-hybridized carbons (Fsp3) is 0.154. The minimum absolute atomic E-state index is 0.104. The Labute approximate surface area is 114 Å². The molecule has 1 aromatic carbocycles. The minimum atomic E-state index is 0.104. The van der Waals surface area contributed by atoms with Gasteiger partial charge in [0, 0.05) is 35.9 Å². The van der Waals surface area contributed by atoms with Gasteiger partial charge in [0.15, 0.2) is 5.84 Å². The van der Waals surface area contributed by atoms with Crippen molar-refractivity contribution in [3.8, 4) is 0 Å². The lowest BCUT2D eigenvalue weighted by Gasteiger charge is -2.04. The number of amidine groups is 1. The highest BCUT2D eigenvalue weighted by Gasteiger charge is 2.09. The molecule has 3 rings (SSSR count). The molecule has 20 heavy (non-hydrogen) atoms. The van der Waals surface area contributed by atoms with Crippen LogP contribution in [-0.4, -0.2) is 30.6 Å². The zero-order valence-corrected chi connectivity index (χ0v) is 10.9. The highest BCUT2D eigenvalue weighted by atomic mass is 16.4. The standard InChI is InChI=1S/C13H14N6O/c1-18-7-9(15-17-18)8-19-6-5-10-11(13(14)16-20)3-2-4-12(10)19/h2-7,20H,8H2,1H3,(H2,14,16). The quantitative estimate of drug-likeness (QED) is 0.320. The van der Waals surface area contributed by atoms with Crippen molar-refractivity contribution in [1.82, 2.24) is 19.6 Å². The molecule has 0 saturated heterocycles. The lowest BCUT2D eigenvalue weighted by atomic mass is 10.1. The first-order valence-electron chi connectivity index (χ1n) is 6.10. The van der Waals surface area contributed by atoms with Gasteiger partial charge in [0.2, 0.25) is 0 Å². The zero-order chi connectivity index (χ0) is 14.1. The number of aromatic nitrogens is 4. The summed E-state index contributed by atoms with van der Waals surface area (Å²) in [5.41, 5.74) is 8.28. The third-order valence-corrected chi connectivity index (χ3v) is 3.18. The molecular weight excluding hydrogens is 256 g/mol. The topological polar surface area (TPSA) is 94.2 Å². The van der Waals surface area contributed by atoms with Crippen LogP contribution in [0.5, 0.6) is 0 Å². The van der Waals surface area contributed by atoms with Gasteiger partial charge in [-0.2, -0.15) is 0 Å². The molecule has 0 fully saturated rings. The van der Waals surface area contributed by atoms with Gasteiger partial charge in [0.1, 0.15) is 5.69 Å². The van der Waals surface area contributed by atoms with Crippen LogP contribution in [0.25, 0.3) is 10.9 Å². The molecule has 2 heterocycles. The number of fused-ring (bicyclic) bond motifs is 1. The molecule has 0 unspecified atom stereocenters. The maximum atomic E-state index is 8.83. The normalized spacial score (nSPS) is 12.2. The molecule has 0 aliphatic carbocycles. The Bertz CT molecular complexity index is 785. The number of oxime groups is 1. The Morgan fingerprint density at radius 3 is 2.95 bits per heavy atom. The van der Waals surface area contributed by atoms with Crippen LogP contribution >= 0.6 is 0 Å². The average molecular weight is 270 g/mol. The molecule has 3 aromatic rings. The molecule has 102 valence electrons. The molecule has 3 N–H and O–H groups in total. The van der Waals surface area contributed by atoms with Crippen LogP contribution in [0.1, 0.15) is 11.3 Å². The van der Waals surface area contributed by atoms with Crippen molar-refractivity contribution in [2.75, 3.05) is 0 Å². The summed E-state index contributed by atoms with van der Waals surface area (Å²) in [6.07, 6.45) is 3.83. The van der Waals surface area contributed by atoms with E-state index in [0.717, 1.165) is 16.6 Å². The van der Waals surface area contributed by atoms with E-state index in [2.05, 4.69) is 15.5 Å². The zero-order valence-electron chi connectivity index (χ0n) is 10.9. The molecule has 0 amide bonds. The Balaban J connectivity index is 2.06. The summed E-state index contributed by atoms with van der Waals surface area (Å²) < 4.78 is 3.72. The average Bonchev–Trinajstić information content (AvgIpc) is 3.05. The monoisotopic (exact) mass is 270 g/mol. The summed E-state index contributed by atoms with van der Waals surface area (Å²) in [4.78, 5) is 0. The van der Waals surface area contributed by atoms with Crippen molar-refractivity contribution in [2.24, 2.45) is 17.9 Å². The maximum absolute atomic E-state index is 8.83. The van der Waals surface area contributed by atoms with Crippen molar-refractivity contribution >= 4 is 16.7 Å². The van der Waals surface area contributed by atoms with E-state index in [0.29, 0.717) is 12.1 Å². The molecular formula is C13H14N6O. The second-order valence-corrected chi connectivity index (χ2v) is 4.55. The van der Waals surface area contributed by atoms with E-state index in [1.807, 2.05) is 48.3 Å². The Morgan fingerprint density at radius 1 is 1.40 bits per heavy atom. The summed E-state index contributed by atoms with van der Waals surface area (Å²) in [5, 5.41) is 20.8. The third kappa shape index (κ3) is 1.99. The Hall–Kier alpha value is -2.83. The van der Waals surface area contributed by atoms with Crippen LogP contribution in [0, 0.1) is 0 Å². The van der Waals surface area contributed by atoms with Gasteiger partial charge >= 0.3 is 0 Å². The summed E-state index contributed by atoms with van der Waals surface area (Å²) in [6, 6.07) is 7.63. The van der Waals surface area contributed by atoms with Crippen LogP contribution in [-0.2, 0) is 13.6 Å². The Kier molecular flexibility index (Phi) is 2.86. The van der Waals surface area contributed by atoms with E-state index < -0.39 is 0 Å². The van der Waals surface area contributed by atoms with Crippen molar-refractivity contribution in [1.29, 1.82) is 0 Å². The minimum Gasteiger partial charge on any atom is -0.409 e. The highest BCUT2D eigenvalue weighted by molar-refractivity contribution is 6.08. The van der Waals surface area contributed by atoms with Crippen molar-refractivity contribution in [3.63, 3.8) is 0 Å². The summed E-state index contributed by atoms with van der Waals surface area (Å²) in [7, 11) is 1.83. The van der Waals surface area contributed by atoms with Gasteiger partial charge in [-0.15, -0.1) is 5.10 Å². The number of nitrogens with two attached hydrogens (primary N) is 1. The fourth-order valence-corrected chi connectivity index (χ4v) is 2.28. The molecule has 7 nitrogen and oxygen atoms in total. The third-order valence-electron chi connectivity index (χ3n) is 3.18. The lowest BCUT2D eigenvalue weighted by Crippen LogP contribution is -2.13. The van der Waals surface area contributed by atoms with Gasteiger partial charge < -0.3 is 15.5 Å². The second kappa shape index (κ2) is 4.69. The first kappa shape index (κ1) is 12.2. The molecule has 0 atom stereocenters. The summed E-state index contributed by atoms with van der Waals surface area (Å²) >= 11 is 0. The number of benzene rings is 1. The van der Waals surface area contributed by atoms with Crippen LogP contribution in [0.2, 0.25) is 0 Å². The number of hydrogen-bond acceptors (Lipinski definition) is 4. The smallest absolute Gasteiger partial charge is 0.170 e. The number of rotatable bonds is 3. The molecule has 0 aliphatic rings. The maximum Gasteiger partial charge on any atom is 0.170 e. The van der Waals surface area contributed by atoms with Crippen molar-refractivity contribution in [2.45, 2.75) is 6.54 Å². The van der Waals surface area contributed by atoms with Crippen molar-refractivity contribution < 1.29 is 5.21 Å². The first-order chi connectivity index (χ1) is 9.69. The predicted octanol–water partition coefficient (Wildman–Crippen LogP) is 0.913. The largest absolute Gasteiger partial charge is 0.409 e. The Morgan fingerprint density at radius 2 is 2.25 bits per heavy atom. The first-order valence-corrected chi connectivity index (χ1v) is 6.10. The van der Waals surface area contributed by atoms with Crippen LogP contribution in [0.4, 0.5) is 0 Å². The lowest BCUT2D eigenvalue weighted by molar-refractivity contribution is 0.318. The van der Waals surface area contributed by atoms with Gasteiger partial charge in [0.25, 0.3) is 0 Å². The van der Waals surface area contributed by atoms with Gasteiger partial charge in [-0.25, -0.2) is 0 Å². The number of nitrogens with zero attached hydrogens (tertiary/aromatic N) is 5. The predicted molar refractivity (Wildman–Crippen MR) is 74.6 cm³/mol. The summed E-state index contributed by atoms with van der Waals surface area (Å²) in [6.45, 7) is 0.622. The van der Waals surface area contributed by atoms with E-state index in [-0.39, 0.29) is 5.84 Å². The number of aryl methyl sites for hydroxylation is 1. The van der Waals surface area contributed by atoms with E-state index >= 15 is 0 Å².